The third-order valence-electron chi connectivity index (χ3n) is 3.68. The molecule has 0 bridgehead atoms. The summed E-state index contributed by atoms with van der Waals surface area (Å²) in [6.45, 7) is 0. The maximum absolute atomic E-state index is 13.8. The molecule has 1 saturated carbocycles. The highest BCUT2D eigenvalue weighted by Gasteiger charge is 2.19. The van der Waals surface area contributed by atoms with Crippen LogP contribution >= 0.6 is 31.9 Å². The maximum Gasteiger partial charge on any atom is 0.137 e. The Morgan fingerprint density at radius 3 is 2.50 bits per heavy atom. The van der Waals surface area contributed by atoms with E-state index < -0.39 is 5.82 Å². The Balaban J connectivity index is 1.99. The summed E-state index contributed by atoms with van der Waals surface area (Å²) in [5, 5.41) is 0. The molecule has 100 valence electrons. The van der Waals surface area contributed by atoms with Crippen molar-refractivity contribution in [1.29, 1.82) is 0 Å². The van der Waals surface area contributed by atoms with Crippen LogP contribution in [0.4, 0.5) is 8.78 Å². The zero-order chi connectivity index (χ0) is 13.1. The van der Waals surface area contributed by atoms with Gasteiger partial charge in [0, 0.05) is 10.4 Å². The number of hydrogen-bond donors (Lipinski definition) is 0. The van der Waals surface area contributed by atoms with Crippen molar-refractivity contribution in [2.24, 2.45) is 5.92 Å². The summed E-state index contributed by atoms with van der Waals surface area (Å²) >= 11 is 6.47. The summed E-state index contributed by atoms with van der Waals surface area (Å²) in [6, 6.07) is 2.49. The summed E-state index contributed by atoms with van der Waals surface area (Å²) in [5.74, 6) is 0.0155. The van der Waals surface area contributed by atoms with Gasteiger partial charge < -0.3 is 0 Å². The molecule has 1 unspecified atom stereocenters. The first kappa shape index (κ1) is 14.4. The summed E-state index contributed by atoms with van der Waals surface area (Å²) in [5.41, 5.74) is 0.425. The molecule has 1 aromatic carbocycles. The lowest BCUT2D eigenvalue weighted by atomic mass is 9.98. The van der Waals surface area contributed by atoms with Gasteiger partial charge in [0.25, 0.3) is 0 Å². The Hall–Kier alpha value is 0.0400. The Bertz CT molecular complexity index is 415. The van der Waals surface area contributed by atoms with Crippen LogP contribution in [0.1, 0.15) is 48.9 Å². The highest BCUT2D eigenvalue weighted by molar-refractivity contribution is 9.10. The smallest absolute Gasteiger partial charge is 0.137 e. The van der Waals surface area contributed by atoms with Gasteiger partial charge in [-0.2, -0.15) is 0 Å². The van der Waals surface area contributed by atoms with Crippen LogP contribution in [0.25, 0.3) is 0 Å². The van der Waals surface area contributed by atoms with E-state index in [1.165, 1.54) is 37.8 Å². The Labute approximate surface area is 123 Å². The van der Waals surface area contributed by atoms with Crippen molar-refractivity contribution in [3.8, 4) is 0 Å². The number of alkyl halides is 1. The van der Waals surface area contributed by atoms with Gasteiger partial charge in [-0.05, 0) is 46.8 Å². The molecule has 0 aromatic heterocycles. The van der Waals surface area contributed by atoms with E-state index >= 15 is 0 Å². The molecule has 0 nitrogen and oxygen atoms in total. The lowest BCUT2D eigenvalue weighted by molar-refractivity contribution is 0.477. The first-order valence-corrected chi connectivity index (χ1v) is 8.07. The van der Waals surface area contributed by atoms with Crippen LogP contribution in [0.15, 0.2) is 16.6 Å². The fourth-order valence-electron chi connectivity index (χ4n) is 2.61. The van der Waals surface area contributed by atoms with Crippen molar-refractivity contribution in [2.45, 2.75) is 43.4 Å². The number of halogens is 4. The van der Waals surface area contributed by atoms with Crippen LogP contribution in [0.5, 0.6) is 0 Å². The molecule has 0 amide bonds. The molecule has 0 spiro atoms. The molecule has 0 heterocycles. The number of hydrogen-bond acceptors (Lipinski definition) is 0. The monoisotopic (exact) mass is 380 g/mol. The van der Waals surface area contributed by atoms with Crippen molar-refractivity contribution in [1.82, 2.24) is 0 Å². The first-order valence-electron chi connectivity index (χ1n) is 6.36. The highest BCUT2D eigenvalue weighted by Crippen LogP contribution is 2.36. The van der Waals surface area contributed by atoms with E-state index in [1.54, 1.807) is 0 Å². The number of benzene rings is 1. The average Bonchev–Trinajstić information content (AvgIpc) is 2.84. The molecule has 1 aliphatic carbocycles. The van der Waals surface area contributed by atoms with Crippen LogP contribution in [0.3, 0.4) is 0 Å². The number of rotatable bonds is 4. The zero-order valence-corrected chi connectivity index (χ0v) is 13.2. The molecular formula is C14H16Br2F2. The van der Waals surface area contributed by atoms with Gasteiger partial charge in [0.1, 0.15) is 11.6 Å². The van der Waals surface area contributed by atoms with Gasteiger partial charge in [0.15, 0.2) is 0 Å². The molecule has 2 rings (SSSR count). The zero-order valence-electron chi connectivity index (χ0n) is 10.1. The van der Waals surface area contributed by atoms with Crippen LogP contribution in [0, 0.1) is 17.6 Å². The van der Waals surface area contributed by atoms with Gasteiger partial charge in [-0.15, -0.1) is 0 Å². The molecule has 1 aliphatic rings. The Morgan fingerprint density at radius 2 is 1.83 bits per heavy atom. The minimum absolute atomic E-state index is 0.0966. The molecule has 1 aromatic rings. The normalized spacial score (nSPS) is 18.2. The summed E-state index contributed by atoms with van der Waals surface area (Å²) in [4.78, 5) is -0.0966. The van der Waals surface area contributed by atoms with Gasteiger partial charge >= 0.3 is 0 Å². The van der Waals surface area contributed by atoms with E-state index in [0.717, 1.165) is 18.8 Å². The Kier molecular flexibility index (Phi) is 5.19. The summed E-state index contributed by atoms with van der Waals surface area (Å²) in [6.07, 6.45) is 7.17. The van der Waals surface area contributed by atoms with E-state index in [2.05, 4.69) is 31.9 Å². The topological polar surface area (TPSA) is 0 Å². The van der Waals surface area contributed by atoms with E-state index in [-0.39, 0.29) is 15.1 Å². The van der Waals surface area contributed by atoms with Gasteiger partial charge in [-0.3, -0.25) is 0 Å². The van der Waals surface area contributed by atoms with Gasteiger partial charge in [0.05, 0.1) is 4.47 Å². The minimum Gasteiger partial charge on any atom is -0.207 e. The molecule has 0 aliphatic heterocycles. The quantitative estimate of drug-likeness (QED) is 0.434. The van der Waals surface area contributed by atoms with Gasteiger partial charge in [-0.1, -0.05) is 41.6 Å². The molecule has 4 heteroatoms. The first-order chi connectivity index (χ1) is 8.58. The predicted molar refractivity (Wildman–Crippen MR) is 76.9 cm³/mol. The fraction of sp³-hybridized carbons (Fsp3) is 0.571. The van der Waals surface area contributed by atoms with Crippen molar-refractivity contribution < 1.29 is 8.78 Å². The summed E-state index contributed by atoms with van der Waals surface area (Å²) < 4.78 is 27.4. The molecule has 0 N–H and O–H groups in total. The predicted octanol–water partition coefficient (Wildman–Crippen LogP) is 6.13. The summed E-state index contributed by atoms with van der Waals surface area (Å²) in [7, 11) is 0. The SMILES string of the molecule is Fc1cc(C(Br)CCC2CCCC2)c(F)cc1Br. The van der Waals surface area contributed by atoms with Crippen molar-refractivity contribution in [3.05, 3.63) is 33.8 Å². The molecule has 18 heavy (non-hydrogen) atoms. The van der Waals surface area contributed by atoms with E-state index in [0.29, 0.717) is 5.56 Å². The standard InChI is InChI=1S/C14H16Br2F2/c15-11(6-5-9-3-1-2-4-9)10-7-14(18)12(16)8-13(10)17/h7-9,11H,1-6H2. The average molecular weight is 382 g/mol. The fourth-order valence-corrected chi connectivity index (χ4v) is 3.55. The second-order valence-electron chi connectivity index (χ2n) is 4.98. The van der Waals surface area contributed by atoms with Crippen molar-refractivity contribution >= 4 is 31.9 Å². The van der Waals surface area contributed by atoms with E-state index in [4.69, 9.17) is 0 Å². The van der Waals surface area contributed by atoms with Crippen molar-refractivity contribution in [3.63, 3.8) is 0 Å². The van der Waals surface area contributed by atoms with Gasteiger partial charge in [-0.25, -0.2) is 8.78 Å². The van der Waals surface area contributed by atoms with E-state index in [9.17, 15) is 8.78 Å². The lowest BCUT2D eigenvalue weighted by Gasteiger charge is -2.14. The molecule has 0 radical (unpaired) electrons. The van der Waals surface area contributed by atoms with E-state index in [1.807, 2.05) is 0 Å². The third-order valence-corrected chi connectivity index (χ3v) is 5.24. The molecule has 1 fully saturated rings. The largest absolute Gasteiger partial charge is 0.207 e. The van der Waals surface area contributed by atoms with Crippen LogP contribution in [-0.4, -0.2) is 0 Å². The van der Waals surface area contributed by atoms with Crippen LogP contribution in [0.2, 0.25) is 0 Å². The maximum atomic E-state index is 13.8. The molecular weight excluding hydrogens is 366 g/mol. The minimum atomic E-state index is -0.406. The van der Waals surface area contributed by atoms with Crippen LogP contribution < -0.4 is 0 Å². The van der Waals surface area contributed by atoms with Crippen molar-refractivity contribution in [2.75, 3.05) is 0 Å². The Morgan fingerprint density at radius 1 is 1.17 bits per heavy atom. The third kappa shape index (κ3) is 3.53. The van der Waals surface area contributed by atoms with Crippen LogP contribution in [-0.2, 0) is 0 Å². The molecule has 0 saturated heterocycles. The second kappa shape index (κ2) is 6.47. The molecule has 1 atom stereocenters. The second-order valence-corrected chi connectivity index (χ2v) is 6.94. The highest BCUT2D eigenvalue weighted by atomic mass is 79.9. The lowest BCUT2D eigenvalue weighted by Crippen LogP contribution is -2.00. The van der Waals surface area contributed by atoms with Gasteiger partial charge in [0.2, 0.25) is 0 Å².